The summed E-state index contributed by atoms with van der Waals surface area (Å²) in [7, 11) is 0. The molecule has 27 heavy (non-hydrogen) atoms. The number of hydrogen-bond acceptors (Lipinski definition) is 2. The summed E-state index contributed by atoms with van der Waals surface area (Å²) in [6, 6.07) is 8.10. The summed E-state index contributed by atoms with van der Waals surface area (Å²) >= 11 is 0. The molecule has 4 nitrogen and oxygen atoms in total. The standard InChI is InChI=1S/C19H15F4NO3/c20-15-8-3-13(4-9-15)11-16(18(26)27)24-17(25)10-5-12-1-6-14(7-2-12)19(21,22)23/h1-10,16H,11H2,(H,24,25)(H,26,27). The minimum absolute atomic E-state index is 0.0462. The molecule has 0 fully saturated rings. The van der Waals surface area contributed by atoms with Crippen LogP contribution >= 0.6 is 0 Å². The zero-order chi connectivity index (χ0) is 20.0. The quantitative estimate of drug-likeness (QED) is 0.593. The van der Waals surface area contributed by atoms with E-state index in [4.69, 9.17) is 0 Å². The lowest BCUT2D eigenvalue weighted by molar-refractivity contribution is -0.141. The second-order valence-corrected chi connectivity index (χ2v) is 5.68. The monoisotopic (exact) mass is 381 g/mol. The average molecular weight is 381 g/mol. The van der Waals surface area contributed by atoms with Crippen LogP contribution in [0.1, 0.15) is 16.7 Å². The number of hydrogen-bond donors (Lipinski definition) is 2. The number of rotatable bonds is 6. The normalized spacial score (nSPS) is 12.7. The van der Waals surface area contributed by atoms with E-state index in [0.717, 1.165) is 18.2 Å². The molecule has 1 unspecified atom stereocenters. The van der Waals surface area contributed by atoms with Gasteiger partial charge in [0.2, 0.25) is 5.91 Å². The van der Waals surface area contributed by atoms with Gasteiger partial charge >= 0.3 is 12.1 Å². The first-order valence-corrected chi connectivity index (χ1v) is 7.78. The number of carbonyl (C=O) groups is 2. The zero-order valence-electron chi connectivity index (χ0n) is 13.8. The lowest BCUT2D eigenvalue weighted by Crippen LogP contribution is -2.41. The van der Waals surface area contributed by atoms with Crippen molar-refractivity contribution in [3.8, 4) is 0 Å². The lowest BCUT2D eigenvalue weighted by atomic mass is 10.1. The molecule has 142 valence electrons. The molecule has 0 heterocycles. The Morgan fingerprint density at radius 2 is 1.63 bits per heavy atom. The second kappa shape index (κ2) is 8.48. The number of alkyl halides is 3. The third-order valence-electron chi connectivity index (χ3n) is 3.63. The summed E-state index contributed by atoms with van der Waals surface area (Å²) in [5.41, 5.74) is 0.0636. The van der Waals surface area contributed by atoms with Crippen molar-refractivity contribution in [3.05, 3.63) is 77.1 Å². The van der Waals surface area contributed by atoms with E-state index in [1.165, 1.54) is 42.5 Å². The van der Waals surface area contributed by atoms with Crippen LogP contribution in [0.2, 0.25) is 0 Å². The molecule has 0 bridgehead atoms. The first-order chi connectivity index (χ1) is 12.6. The van der Waals surface area contributed by atoms with E-state index in [-0.39, 0.29) is 6.42 Å². The largest absolute Gasteiger partial charge is 0.480 e. The van der Waals surface area contributed by atoms with Gasteiger partial charge in [-0.15, -0.1) is 0 Å². The highest BCUT2D eigenvalue weighted by Gasteiger charge is 2.29. The van der Waals surface area contributed by atoms with Crippen molar-refractivity contribution in [1.29, 1.82) is 0 Å². The topological polar surface area (TPSA) is 66.4 Å². The van der Waals surface area contributed by atoms with Gasteiger partial charge in [-0.25, -0.2) is 9.18 Å². The van der Waals surface area contributed by atoms with Gasteiger partial charge in [-0.3, -0.25) is 4.79 Å². The molecular formula is C19H15F4NO3. The molecule has 2 aromatic rings. The lowest BCUT2D eigenvalue weighted by Gasteiger charge is -2.13. The van der Waals surface area contributed by atoms with Crippen LogP contribution in [0.4, 0.5) is 17.6 Å². The Morgan fingerprint density at radius 1 is 1.04 bits per heavy atom. The molecule has 0 saturated heterocycles. The Bertz CT molecular complexity index is 828. The molecule has 0 radical (unpaired) electrons. The van der Waals surface area contributed by atoms with Crippen molar-refractivity contribution in [2.75, 3.05) is 0 Å². The molecular weight excluding hydrogens is 366 g/mol. The van der Waals surface area contributed by atoms with E-state index in [2.05, 4.69) is 5.32 Å². The highest BCUT2D eigenvalue weighted by atomic mass is 19.4. The average Bonchev–Trinajstić information content (AvgIpc) is 2.60. The summed E-state index contributed by atoms with van der Waals surface area (Å²) in [6.45, 7) is 0. The van der Waals surface area contributed by atoms with E-state index in [1.54, 1.807) is 0 Å². The highest BCUT2D eigenvalue weighted by molar-refractivity contribution is 5.94. The van der Waals surface area contributed by atoms with Gasteiger partial charge in [0.25, 0.3) is 0 Å². The van der Waals surface area contributed by atoms with Gasteiger partial charge in [0.15, 0.2) is 0 Å². The van der Waals surface area contributed by atoms with Gasteiger partial charge in [0.05, 0.1) is 5.56 Å². The predicted molar refractivity (Wildman–Crippen MR) is 90.1 cm³/mol. The summed E-state index contributed by atoms with van der Waals surface area (Å²) in [5.74, 6) is -2.45. The van der Waals surface area contributed by atoms with Crippen LogP contribution in [0.15, 0.2) is 54.6 Å². The van der Waals surface area contributed by atoms with E-state index < -0.39 is 35.5 Å². The van der Waals surface area contributed by atoms with Crippen molar-refractivity contribution < 1.29 is 32.3 Å². The molecule has 8 heteroatoms. The van der Waals surface area contributed by atoms with Crippen LogP contribution in [-0.2, 0) is 22.2 Å². The number of carboxylic acids is 1. The summed E-state index contributed by atoms with van der Waals surface area (Å²) < 4.78 is 50.4. The van der Waals surface area contributed by atoms with Gasteiger partial charge in [0.1, 0.15) is 11.9 Å². The fraction of sp³-hybridized carbons (Fsp3) is 0.158. The van der Waals surface area contributed by atoms with E-state index in [0.29, 0.717) is 11.1 Å². The van der Waals surface area contributed by atoms with Crippen LogP contribution in [-0.4, -0.2) is 23.0 Å². The molecule has 2 aromatic carbocycles. The number of benzene rings is 2. The summed E-state index contributed by atoms with van der Waals surface area (Å²) in [4.78, 5) is 23.2. The minimum Gasteiger partial charge on any atom is -0.480 e. The number of carbonyl (C=O) groups excluding carboxylic acids is 1. The minimum atomic E-state index is -4.45. The highest BCUT2D eigenvalue weighted by Crippen LogP contribution is 2.29. The van der Waals surface area contributed by atoms with E-state index in [9.17, 15) is 32.3 Å². The summed E-state index contributed by atoms with van der Waals surface area (Å²) in [6.07, 6.45) is -2.19. The first kappa shape index (κ1) is 20.2. The van der Waals surface area contributed by atoms with Crippen molar-refractivity contribution in [2.45, 2.75) is 18.6 Å². The number of carboxylic acid groups (broad SMARTS) is 1. The molecule has 2 N–H and O–H groups in total. The van der Waals surface area contributed by atoms with Crippen molar-refractivity contribution >= 4 is 18.0 Å². The Kier molecular flexibility index (Phi) is 6.33. The van der Waals surface area contributed by atoms with Crippen LogP contribution in [0.3, 0.4) is 0 Å². The number of nitrogens with one attached hydrogen (secondary N) is 1. The van der Waals surface area contributed by atoms with Crippen molar-refractivity contribution in [2.24, 2.45) is 0 Å². The second-order valence-electron chi connectivity index (χ2n) is 5.68. The molecule has 0 aliphatic rings. The zero-order valence-corrected chi connectivity index (χ0v) is 13.8. The molecule has 0 spiro atoms. The molecule has 0 aromatic heterocycles. The van der Waals surface area contributed by atoms with Gasteiger partial charge in [0, 0.05) is 12.5 Å². The van der Waals surface area contributed by atoms with Gasteiger partial charge < -0.3 is 10.4 Å². The number of amides is 1. The van der Waals surface area contributed by atoms with Gasteiger partial charge in [-0.2, -0.15) is 13.2 Å². The van der Waals surface area contributed by atoms with Crippen LogP contribution < -0.4 is 5.32 Å². The first-order valence-electron chi connectivity index (χ1n) is 7.78. The molecule has 0 aliphatic carbocycles. The molecule has 1 amide bonds. The maximum absolute atomic E-state index is 12.9. The van der Waals surface area contributed by atoms with Gasteiger partial charge in [-0.1, -0.05) is 24.3 Å². The third kappa shape index (κ3) is 6.25. The molecule has 1 atom stereocenters. The van der Waals surface area contributed by atoms with Crippen molar-refractivity contribution in [1.82, 2.24) is 5.32 Å². The third-order valence-corrected chi connectivity index (χ3v) is 3.63. The Morgan fingerprint density at radius 3 is 2.15 bits per heavy atom. The fourth-order valence-electron chi connectivity index (χ4n) is 2.23. The molecule has 0 saturated carbocycles. The molecule has 2 rings (SSSR count). The maximum atomic E-state index is 12.9. The smallest absolute Gasteiger partial charge is 0.416 e. The maximum Gasteiger partial charge on any atom is 0.416 e. The van der Waals surface area contributed by atoms with Crippen LogP contribution in [0, 0.1) is 5.82 Å². The summed E-state index contributed by atoms with van der Waals surface area (Å²) in [5, 5.41) is 11.5. The SMILES string of the molecule is O=C(C=Cc1ccc(C(F)(F)F)cc1)NC(Cc1ccc(F)cc1)C(=O)O. The number of aliphatic carboxylic acids is 1. The van der Waals surface area contributed by atoms with Gasteiger partial charge in [-0.05, 0) is 41.5 Å². The van der Waals surface area contributed by atoms with Crippen LogP contribution in [0.25, 0.3) is 6.08 Å². The van der Waals surface area contributed by atoms with E-state index in [1.807, 2.05) is 0 Å². The Hall–Kier alpha value is -3.16. The van der Waals surface area contributed by atoms with Crippen LogP contribution in [0.5, 0.6) is 0 Å². The van der Waals surface area contributed by atoms with Crippen molar-refractivity contribution in [3.63, 3.8) is 0 Å². The fourth-order valence-corrected chi connectivity index (χ4v) is 2.23. The molecule has 0 aliphatic heterocycles. The Labute approximate surface area is 152 Å². The van der Waals surface area contributed by atoms with E-state index >= 15 is 0 Å². The predicted octanol–water partition coefficient (Wildman–Crippen LogP) is 3.67. The number of halogens is 4. The Balaban J connectivity index is 1.99.